The van der Waals surface area contributed by atoms with Crippen molar-refractivity contribution in [1.82, 2.24) is 4.98 Å². The number of allylic oxidation sites excluding steroid dienone is 5. The second-order valence-corrected chi connectivity index (χ2v) is 5.94. The lowest BCUT2D eigenvalue weighted by Crippen LogP contribution is -1.92. The highest BCUT2D eigenvalue weighted by atomic mass is 14.7. The van der Waals surface area contributed by atoms with E-state index in [0.29, 0.717) is 0 Å². The lowest BCUT2D eigenvalue weighted by Gasteiger charge is -2.06. The Balaban J connectivity index is 2.28. The first kappa shape index (κ1) is 17.7. The zero-order valence-electron chi connectivity index (χ0n) is 15.0. The number of aryl methyl sites for hydroxylation is 1. The van der Waals surface area contributed by atoms with Crippen LogP contribution in [0.25, 0.3) is 23.3 Å². The Hall–Kier alpha value is -2.67. The summed E-state index contributed by atoms with van der Waals surface area (Å²) in [6, 6.07) is 12.7. The second-order valence-electron chi connectivity index (χ2n) is 5.94. The molecule has 0 saturated carbocycles. The maximum absolute atomic E-state index is 4.71. The maximum atomic E-state index is 4.71. The minimum Gasteiger partial charge on any atom is -0.248 e. The number of benzene rings is 1. The van der Waals surface area contributed by atoms with Crippen LogP contribution in [0.1, 0.15) is 48.8 Å². The molecule has 0 aliphatic carbocycles. The molecule has 0 spiro atoms. The highest BCUT2D eigenvalue weighted by molar-refractivity contribution is 5.72. The predicted molar refractivity (Wildman–Crippen MR) is 108 cm³/mol. The van der Waals surface area contributed by atoms with Gasteiger partial charge in [0, 0.05) is 0 Å². The predicted octanol–water partition coefficient (Wildman–Crippen LogP) is 6.57. The van der Waals surface area contributed by atoms with Gasteiger partial charge in [0.15, 0.2) is 0 Å². The van der Waals surface area contributed by atoms with Gasteiger partial charge in [0.1, 0.15) is 0 Å². The third-order valence-corrected chi connectivity index (χ3v) is 3.99. The maximum Gasteiger partial charge on any atom is 0.0703 e. The molecular formula is C23H25N. The third kappa shape index (κ3) is 4.42. The largest absolute Gasteiger partial charge is 0.248 e. The molecule has 1 heterocycles. The van der Waals surface area contributed by atoms with Gasteiger partial charge in [0.05, 0.1) is 11.4 Å². The first-order valence-electron chi connectivity index (χ1n) is 8.24. The molecule has 1 nitrogen and oxygen atoms in total. The van der Waals surface area contributed by atoms with Gasteiger partial charge in [-0.2, -0.15) is 0 Å². The van der Waals surface area contributed by atoms with Gasteiger partial charge in [-0.1, -0.05) is 66.8 Å². The second kappa shape index (κ2) is 8.26. The van der Waals surface area contributed by atoms with Gasteiger partial charge in [-0.25, -0.2) is 4.98 Å². The van der Waals surface area contributed by atoms with E-state index in [2.05, 4.69) is 75.9 Å². The van der Waals surface area contributed by atoms with E-state index in [1.165, 1.54) is 16.7 Å². The Labute approximate surface area is 145 Å². The number of aromatic nitrogens is 1. The van der Waals surface area contributed by atoms with Gasteiger partial charge in [0.2, 0.25) is 0 Å². The van der Waals surface area contributed by atoms with E-state index in [0.717, 1.165) is 22.5 Å². The molecule has 0 saturated heterocycles. The monoisotopic (exact) mass is 315 g/mol. The Morgan fingerprint density at radius 1 is 0.958 bits per heavy atom. The van der Waals surface area contributed by atoms with Crippen LogP contribution in [0.3, 0.4) is 0 Å². The van der Waals surface area contributed by atoms with Crippen molar-refractivity contribution in [2.24, 2.45) is 0 Å². The van der Waals surface area contributed by atoms with E-state index in [1.54, 1.807) is 6.08 Å². The third-order valence-electron chi connectivity index (χ3n) is 3.99. The van der Waals surface area contributed by atoms with Crippen molar-refractivity contribution in [3.63, 3.8) is 0 Å². The van der Waals surface area contributed by atoms with Crippen LogP contribution in [0.5, 0.6) is 0 Å². The highest BCUT2D eigenvalue weighted by Gasteiger charge is 2.02. The molecule has 2 rings (SSSR count). The fourth-order valence-corrected chi connectivity index (χ4v) is 2.44. The van der Waals surface area contributed by atoms with E-state index < -0.39 is 0 Å². The molecule has 0 radical (unpaired) electrons. The lowest BCUT2D eigenvalue weighted by molar-refractivity contribution is 1.23. The fourth-order valence-electron chi connectivity index (χ4n) is 2.44. The van der Waals surface area contributed by atoms with Crippen molar-refractivity contribution < 1.29 is 0 Å². The van der Waals surface area contributed by atoms with Gasteiger partial charge in [-0.3, -0.25) is 0 Å². The summed E-state index contributed by atoms with van der Waals surface area (Å²) in [5.74, 6) is 0. The standard InChI is InChI=1S/C23H25N/c1-6-8-21-15-16-23(24-22(21)7-2)19(5)12-11-18(4)20-13-9-17(3)10-14-20/h6-16H,2H2,1,3-5H3/b8-6-,18-11+,19-12+. The number of hydrogen-bond acceptors (Lipinski definition) is 1. The first-order valence-corrected chi connectivity index (χ1v) is 8.24. The molecule has 2 aromatic rings. The Bertz CT molecular complexity index is 802. The SMILES string of the molecule is C=Cc1nc(/C(C)=C/C=C(\C)c2ccc(C)cc2)ccc1/C=C\C. The van der Waals surface area contributed by atoms with Crippen molar-refractivity contribution in [3.05, 3.63) is 89.3 Å². The Kier molecular flexibility index (Phi) is 6.08. The van der Waals surface area contributed by atoms with E-state index in [4.69, 9.17) is 4.98 Å². The first-order chi connectivity index (χ1) is 11.5. The van der Waals surface area contributed by atoms with E-state index >= 15 is 0 Å². The molecule has 1 heteroatoms. The van der Waals surface area contributed by atoms with Crippen molar-refractivity contribution in [1.29, 1.82) is 0 Å². The molecule has 0 unspecified atom stereocenters. The zero-order chi connectivity index (χ0) is 17.5. The Morgan fingerprint density at radius 3 is 2.25 bits per heavy atom. The van der Waals surface area contributed by atoms with E-state index in [-0.39, 0.29) is 0 Å². The summed E-state index contributed by atoms with van der Waals surface area (Å²) in [6.07, 6.45) is 10.1. The summed E-state index contributed by atoms with van der Waals surface area (Å²) in [7, 11) is 0. The Morgan fingerprint density at radius 2 is 1.62 bits per heavy atom. The van der Waals surface area contributed by atoms with Gasteiger partial charge >= 0.3 is 0 Å². The van der Waals surface area contributed by atoms with Gasteiger partial charge < -0.3 is 0 Å². The van der Waals surface area contributed by atoms with Crippen molar-refractivity contribution in [3.8, 4) is 0 Å². The molecule has 0 aliphatic rings. The molecule has 0 N–H and O–H groups in total. The summed E-state index contributed by atoms with van der Waals surface area (Å²) >= 11 is 0. The number of pyridine rings is 1. The van der Waals surface area contributed by atoms with Crippen LogP contribution in [-0.2, 0) is 0 Å². The average Bonchev–Trinajstić information content (AvgIpc) is 2.60. The number of hydrogen-bond donors (Lipinski definition) is 0. The summed E-state index contributed by atoms with van der Waals surface area (Å²) in [4.78, 5) is 4.71. The van der Waals surface area contributed by atoms with Crippen molar-refractivity contribution >= 4 is 23.3 Å². The van der Waals surface area contributed by atoms with Gasteiger partial charge in [-0.05, 0) is 62.1 Å². The average molecular weight is 315 g/mol. The van der Waals surface area contributed by atoms with Crippen LogP contribution in [-0.4, -0.2) is 4.98 Å². The minimum atomic E-state index is 0.914. The van der Waals surface area contributed by atoms with Crippen LogP contribution < -0.4 is 0 Å². The summed E-state index contributed by atoms with van der Waals surface area (Å²) in [5, 5.41) is 0. The normalized spacial score (nSPS) is 12.7. The van der Waals surface area contributed by atoms with E-state index in [9.17, 15) is 0 Å². The van der Waals surface area contributed by atoms with Crippen LogP contribution in [0.4, 0.5) is 0 Å². The molecule has 0 aliphatic heterocycles. The molecule has 0 amide bonds. The molecule has 122 valence electrons. The molecule has 0 atom stereocenters. The van der Waals surface area contributed by atoms with Crippen LogP contribution >= 0.6 is 0 Å². The van der Waals surface area contributed by atoms with Crippen LogP contribution in [0, 0.1) is 6.92 Å². The summed E-state index contributed by atoms with van der Waals surface area (Å²) in [6.45, 7) is 12.2. The summed E-state index contributed by atoms with van der Waals surface area (Å²) in [5.41, 5.74) is 7.88. The van der Waals surface area contributed by atoms with E-state index in [1.807, 2.05) is 19.1 Å². The smallest absolute Gasteiger partial charge is 0.0703 e. The lowest BCUT2D eigenvalue weighted by atomic mass is 10.0. The van der Waals surface area contributed by atoms with Gasteiger partial charge in [0.25, 0.3) is 0 Å². The van der Waals surface area contributed by atoms with Gasteiger partial charge in [-0.15, -0.1) is 0 Å². The highest BCUT2D eigenvalue weighted by Crippen LogP contribution is 2.19. The van der Waals surface area contributed by atoms with Crippen molar-refractivity contribution in [2.75, 3.05) is 0 Å². The number of rotatable bonds is 5. The molecule has 0 bridgehead atoms. The molecule has 1 aromatic heterocycles. The summed E-state index contributed by atoms with van der Waals surface area (Å²) < 4.78 is 0. The molecule has 24 heavy (non-hydrogen) atoms. The van der Waals surface area contributed by atoms with Crippen LogP contribution in [0.15, 0.2) is 61.2 Å². The molecule has 0 fully saturated rings. The minimum absolute atomic E-state index is 0.914. The van der Waals surface area contributed by atoms with Crippen LogP contribution in [0.2, 0.25) is 0 Å². The number of nitrogens with zero attached hydrogens (tertiary/aromatic N) is 1. The zero-order valence-corrected chi connectivity index (χ0v) is 15.0. The molecular weight excluding hydrogens is 290 g/mol. The molecule has 1 aromatic carbocycles. The van der Waals surface area contributed by atoms with Crippen molar-refractivity contribution in [2.45, 2.75) is 27.7 Å². The fraction of sp³-hybridized carbons (Fsp3) is 0.174. The quantitative estimate of drug-likeness (QED) is 0.568. The topological polar surface area (TPSA) is 12.9 Å².